The highest BCUT2D eigenvalue weighted by Gasteiger charge is 1.90. The summed E-state index contributed by atoms with van der Waals surface area (Å²) in [6, 6.07) is 0. The Kier molecular flexibility index (Phi) is 4.50. The molecule has 0 atom stereocenters. The van der Waals surface area contributed by atoms with Crippen LogP contribution in [-0.2, 0) is 0 Å². The van der Waals surface area contributed by atoms with E-state index in [1.165, 1.54) is 0 Å². The molecular weight excluding hydrogens is 318 g/mol. The number of rotatable bonds is 1. The molecule has 0 saturated carbocycles. The number of hydrogen-bond acceptors (Lipinski definition) is 1. The highest BCUT2D eigenvalue weighted by atomic mass is 127. The first-order chi connectivity index (χ1) is 3.18. The van der Waals surface area contributed by atoms with E-state index in [0.717, 1.165) is 10.0 Å². The van der Waals surface area contributed by atoms with Crippen LogP contribution in [0.15, 0.2) is 7.35 Å². The maximum absolute atomic E-state index is 8.68. The Bertz CT molecular complexity index is 83.7. The lowest BCUT2D eigenvalue weighted by Crippen LogP contribution is -1.69. The first-order valence-electron chi connectivity index (χ1n) is 1.91. The molecule has 0 unspecified atom stereocenters. The van der Waals surface area contributed by atoms with Crippen molar-refractivity contribution in [1.29, 1.82) is 0 Å². The van der Waals surface area contributed by atoms with Crippen molar-refractivity contribution in [1.82, 2.24) is 0 Å². The predicted octanol–water partition coefficient (Wildman–Crippen LogP) is 2.99. The van der Waals surface area contributed by atoms with Gasteiger partial charge in [-0.2, -0.15) is 0 Å². The van der Waals surface area contributed by atoms with Gasteiger partial charge in [0.25, 0.3) is 0 Å². The highest BCUT2D eigenvalue weighted by molar-refractivity contribution is 14.1. The molecule has 0 aromatic carbocycles. The van der Waals surface area contributed by atoms with Gasteiger partial charge < -0.3 is 5.11 Å². The topological polar surface area (TPSA) is 20.2 Å². The molecule has 1 nitrogen and oxygen atoms in total. The van der Waals surface area contributed by atoms with Crippen molar-refractivity contribution in [2.45, 2.75) is 13.3 Å². The summed E-state index contributed by atoms with van der Waals surface area (Å²) in [6.07, 6.45) is 0.926. The van der Waals surface area contributed by atoms with Crippen molar-refractivity contribution in [2.75, 3.05) is 0 Å². The molecule has 42 valence electrons. The van der Waals surface area contributed by atoms with Gasteiger partial charge in [0.1, 0.15) is 0 Å². The first-order valence-corrected chi connectivity index (χ1v) is 4.07. The lowest BCUT2D eigenvalue weighted by molar-refractivity contribution is 0.462. The monoisotopic (exact) mass is 324 g/mol. The van der Waals surface area contributed by atoms with Crippen LogP contribution in [0.2, 0.25) is 0 Å². The molecule has 0 aromatic rings. The summed E-state index contributed by atoms with van der Waals surface area (Å²) in [6.45, 7) is 2.01. The molecule has 0 aliphatic carbocycles. The van der Waals surface area contributed by atoms with Gasteiger partial charge in [0.15, 0.2) is 3.77 Å². The molecule has 3 heteroatoms. The Morgan fingerprint density at radius 2 is 2.00 bits per heavy atom. The summed E-state index contributed by atoms with van der Waals surface area (Å²) in [5.41, 5.74) is 0. The summed E-state index contributed by atoms with van der Waals surface area (Å²) in [5, 5.41) is 8.68. The molecule has 0 rings (SSSR count). The number of hydrogen-bond donors (Lipinski definition) is 1. The summed E-state index contributed by atoms with van der Waals surface area (Å²) < 4.78 is 1.44. The SMILES string of the molecule is CC/C(I)=C(/O)I. The van der Waals surface area contributed by atoms with E-state index in [9.17, 15) is 0 Å². The third-order valence-electron chi connectivity index (χ3n) is 0.534. The minimum absolute atomic E-state index is 0.417. The van der Waals surface area contributed by atoms with Crippen molar-refractivity contribution in [2.24, 2.45) is 0 Å². The van der Waals surface area contributed by atoms with Crippen molar-refractivity contribution in [3.05, 3.63) is 7.35 Å². The van der Waals surface area contributed by atoms with Crippen LogP contribution in [-0.4, -0.2) is 5.11 Å². The fourth-order valence-corrected chi connectivity index (χ4v) is 0.527. The largest absolute Gasteiger partial charge is 0.502 e. The average Bonchev–Trinajstić information content (AvgIpc) is 1.65. The van der Waals surface area contributed by atoms with Crippen LogP contribution in [0.1, 0.15) is 13.3 Å². The second-order valence-corrected chi connectivity index (χ2v) is 3.37. The molecule has 0 amide bonds. The summed E-state index contributed by atoms with van der Waals surface area (Å²) in [4.78, 5) is 0. The number of aliphatic hydroxyl groups is 1. The van der Waals surface area contributed by atoms with E-state index in [4.69, 9.17) is 5.11 Å². The van der Waals surface area contributed by atoms with E-state index in [-0.39, 0.29) is 0 Å². The van der Waals surface area contributed by atoms with Crippen LogP contribution >= 0.6 is 45.2 Å². The van der Waals surface area contributed by atoms with E-state index < -0.39 is 0 Å². The molecule has 0 aromatic heterocycles. The first kappa shape index (κ1) is 8.00. The van der Waals surface area contributed by atoms with E-state index >= 15 is 0 Å². The fraction of sp³-hybridized carbons (Fsp3) is 0.500. The van der Waals surface area contributed by atoms with Gasteiger partial charge in [-0.3, -0.25) is 0 Å². The molecule has 0 radical (unpaired) electrons. The molecule has 0 bridgehead atoms. The standard InChI is InChI=1S/C4H6I2O/c1-2-3(5)4(6)7/h7H,2H2,1H3/b4-3-. The van der Waals surface area contributed by atoms with Crippen molar-refractivity contribution in [3.8, 4) is 0 Å². The fourth-order valence-electron chi connectivity index (χ4n) is 0.146. The second kappa shape index (κ2) is 3.94. The van der Waals surface area contributed by atoms with Crippen LogP contribution < -0.4 is 0 Å². The lowest BCUT2D eigenvalue weighted by atomic mass is 10.5. The van der Waals surface area contributed by atoms with Gasteiger partial charge in [-0.1, -0.05) is 6.92 Å². The number of halogens is 2. The maximum Gasteiger partial charge on any atom is 0.162 e. The Morgan fingerprint density at radius 1 is 1.57 bits per heavy atom. The highest BCUT2D eigenvalue weighted by Crippen LogP contribution is 2.18. The van der Waals surface area contributed by atoms with E-state index in [1.807, 2.05) is 29.5 Å². The molecule has 0 spiro atoms. The van der Waals surface area contributed by atoms with Gasteiger partial charge in [-0.15, -0.1) is 0 Å². The molecule has 7 heavy (non-hydrogen) atoms. The van der Waals surface area contributed by atoms with Crippen molar-refractivity contribution in [3.63, 3.8) is 0 Å². The number of allylic oxidation sites excluding steroid dienone is 1. The van der Waals surface area contributed by atoms with Gasteiger partial charge in [0.2, 0.25) is 0 Å². The van der Waals surface area contributed by atoms with Crippen LogP contribution in [0.5, 0.6) is 0 Å². The van der Waals surface area contributed by atoms with Crippen LogP contribution in [0, 0.1) is 0 Å². The minimum atomic E-state index is 0.417. The Balaban J connectivity index is 3.72. The van der Waals surface area contributed by atoms with Crippen molar-refractivity contribution < 1.29 is 5.11 Å². The quantitative estimate of drug-likeness (QED) is 0.581. The summed E-state index contributed by atoms with van der Waals surface area (Å²) in [7, 11) is 0. The Labute approximate surface area is 70.5 Å². The zero-order valence-corrected chi connectivity index (χ0v) is 8.23. The van der Waals surface area contributed by atoms with E-state index in [1.54, 1.807) is 0 Å². The van der Waals surface area contributed by atoms with Gasteiger partial charge in [0, 0.05) is 3.58 Å². The molecular formula is C4H6I2O. The molecule has 0 aliphatic heterocycles. The third-order valence-corrected chi connectivity index (χ3v) is 3.49. The van der Waals surface area contributed by atoms with Crippen molar-refractivity contribution >= 4 is 45.2 Å². The van der Waals surface area contributed by atoms with Gasteiger partial charge >= 0.3 is 0 Å². The molecule has 0 aliphatic rings. The molecule has 0 fully saturated rings. The van der Waals surface area contributed by atoms with Crippen LogP contribution in [0.25, 0.3) is 0 Å². The number of aliphatic hydroxyl groups excluding tert-OH is 1. The predicted molar refractivity (Wildman–Crippen MR) is 48.0 cm³/mol. The van der Waals surface area contributed by atoms with Gasteiger partial charge in [0.05, 0.1) is 0 Å². The molecule has 1 N–H and O–H groups in total. The zero-order valence-electron chi connectivity index (χ0n) is 3.91. The Hall–Kier alpha value is 1.00. The average molecular weight is 324 g/mol. The Morgan fingerprint density at radius 3 is 2.00 bits per heavy atom. The van der Waals surface area contributed by atoms with Crippen LogP contribution in [0.3, 0.4) is 0 Å². The second-order valence-electron chi connectivity index (χ2n) is 1.05. The minimum Gasteiger partial charge on any atom is -0.502 e. The van der Waals surface area contributed by atoms with E-state index in [2.05, 4.69) is 22.6 Å². The maximum atomic E-state index is 8.68. The van der Waals surface area contributed by atoms with E-state index in [0.29, 0.717) is 3.77 Å². The zero-order chi connectivity index (χ0) is 5.86. The van der Waals surface area contributed by atoms with Crippen LogP contribution in [0.4, 0.5) is 0 Å². The molecule has 0 heterocycles. The van der Waals surface area contributed by atoms with Gasteiger partial charge in [-0.25, -0.2) is 0 Å². The van der Waals surface area contributed by atoms with Gasteiger partial charge in [-0.05, 0) is 51.6 Å². The summed E-state index contributed by atoms with van der Waals surface area (Å²) >= 11 is 4.01. The molecule has 0 saturated heterocycles. The summed E-state index contributed by atoms with van der Waals surface area (Å²) in [5.74, 6) is 0. The smallest absolute Gasteiger partial charge is 0.162 e. The normalized spacial score (nSPS) is 13.6. The lowest BCUT2D eigenvalue weighted by Gasteiger charge is -1.89. The third kappa shape index (κ3) is 3.57.